The van der Waals surface area contributed by atoms with E-state index in [1.54, 1.807) is 0 Å². The number of nitrogens with zero attached hydrogens (tertiary/aromatic N) is 2. The van der Waals surface area contributed by atoms with E-state index in [1.165, 1.54) is 193 Å². The van der Waals surface area contributed by atoms with Crippen LogP contribution in [0.1, 0.15) is 214 Å². The first-order valence-corrected chi connectivity index (χ1v) is 23.9. The topological polar surface area (TPSA) is 117 Å². The molecule has 0 unspecified atom stereocenters. The molecule has 0 aliphatic carbocycles. The van der Waals surface area contributed by atoms with Gasteiger partial charge in [0.25, 0.3) is 10.1 Å². The van der Waals surface area contributed by atoms with Gasteiger partial charge in [0.1, 0.15) is 0 Å². The SMILES string of the molecule is CCCCCCCCCCCCCCCCCCN(C)C.CCCCCCCCCCCCN(CC)CC.O=C(O)CCOOCCCCS(=O)(=O)O. The number of carbonyl (C=O) groups is 1. The average Bonchev–Trinajstić information content (AvgIpc) is 3.11. The van der Waals surface area contributed by atoms with Crippen molar-refractivity contribution in [2.24, 2.45) is 0 Å². The summed E-state index contributed by atoms with van der Waals surface area (Å²) in [6.07, 6.45) is 38.2. The minimum Gasteiger partial charge on any atom is -0.481 e. The first-order chi connectivity index (χ1) is 25.5. The van der Waals surface area contributed by atoms with E-state index < -0.39 is 16.1 Å². The summed E-state index contributed by atoms with van der Waals surface area (Å²) in [5.74, 6) is -1.30. The Morgan fingerprint density at radius 1 is 0.491 bits per heavy atom. The van der Waals surface area contributed by atoms with Crippen molar-refractivity contribution in [1.82, 2.24) is 9.80 Å². The van der Waals surface area contributed by atoms with Crippen molar-refractivity contribution in [1.29, 1.82) is 0 Å². The molecule has 0 saturated carbocycles. The number of unbranched alkanes of at least 4 members (excludes halogenated alkanes) is 25. The maximum Gasteiger partial charge on any atom is 0.305 e. The molecule has 0 saturated heterocycles. The van der Waals surface area contributed by atoms with Crippen LogP contribution in [0.5, 0.6) is 0 Å². The maximum absolute atomic E-state index is 10.3. The van der Waals surface area contributed by atoms with E-state index in [4.69, 9.17) is 9.66 Å². The van der Waals surface area contributed by atoms with Gasteiger partial charge in [0.2, 0.25) is 0 Å². The zero-order valence-electron chi connectivity index (χ0n) is 36.2. The summed E-state index contributed by atoms with van der Waals surface area (Å²) in [4.78, 5) is 23.9. The second-order valence-corrected chi connectivity index (χ2v) is 16.7. The predicted molar refractivity (Wildman–Crippen MR) is 228 cm³/mol. The molecular formula is C43H92N2O7S. The molecule has 322 valence electrons. The molecule has 9 nitrogen and oxygen atoms in total. The molecule has 0 fully saturated rings. The van der Waals surface area contributed by atoms with Gasteiger partial charge in [-0.15, -0.1) is 0 Å². The fraction of sp³-hybridized carbons (Fsp3) is 0.977. The molecule has 10 heteroatoms. The van der Waals surface area contributed by atoms with Crippen LogP contribution in [0.15, 0.2) is 0 Å². The van der Waals surface area contributed by atoms with Crippen molar-refractivity contribution in [2.75, 3.05) is 59.2 Å². The van der Waals surface area contributed by atoms with E-state index in [9.17, 15) is 13.2 Å². The van der Waals surface area contributed by atoms with E-state index in [1.807, 2.05) is 0 Å². The number of carboxylic acids is 1. The molecule has 0 atom stereocenters. The third-order valence-corrected chi connectivity index (χ3v) is 10.3. The van der Waals surface area contributed by atoms with E-state index >= 15 is 0 Å². The average molecular weight is 781 g/mol. The van der Waals surface area contributed by atoms with Crippen LogP contribution in [0, 0.1) is 0 Å². The van der Waals surface area contributed by atoms with Crippen LogP contribution in [-0.2, 0) is 24.7 Å². The molecule has 0 aromatic heterocycles. The molecular weight excluding hydrogens is 689 g/mol. The molecule has 0 aromatic rings. The molecule has 0 aromatic carbocycles. The lowest BCUT2D eigenvalue weighted by Crippen LogP contribution is -2.23. The van der Waals surface area contributed by atoms with Crippen molar-refractivity contribution in [3.8, 4) is 0 Å². The lowest BCUT2D eigenvalue weighted by atomic mass is 10.0. The van der Waals surface area contributed by atoms with Crippen LogP contribution in [0.4, 0.5) is 0 Å². The van der Waals surface area contributed by atoms with E-state index in [0.29, 0.717) is 6.42 Å². The Bertz CT molecular complexity index is 796. The number of carboxylic acid groups (broad SMARTS) is 1. The number of hydrogen-bond acceptors (Lipinski definition) is 7. The Balaban J connectivity index is -0.000000719. The minimum atomic E-state index is -3.91. The van der Waals surface area contributed by atoms with Crippen LogP contribution < -0.4 is 0 Å². The standard InChI is InChI=1S/C20H43N.C16H35N.C7H14O7S/c1-4-5-6-7-8-9-10-11-12-13-14-15-16-17-18-19-20-21(2)3;1-4-7-8-9-10-11-12-13-14-15-16-17(5-2)6-3;8-7(9)3-5-14-13-4-1-2-6-15(10,11)12/h4-20H2,1-3H3;4-16H2,1-3H3;1-6H2,(H,8,9)(H,10,11,12). The van der Waals surface area contributed by atoms with Gasteiger partial charge in [-0.25, -0.2) is 9.78 Å². The third kappa shape index (κ3) is 60.7. The van der Waals surface area contributed by atoms with Crippen LogP contribution in [0.2, 0.25) is 0 Å². The van der Waals surface area contributed by atoms with Crippen molar-refractivity contribution in [2.45, 2.75) is 214 Å². The minimum absolute atomic E-state index is 0.0480. The number of rotatable bonds is 39. The summed E-state index contributed by atoms with van der Waals surface area (Å²) in [5.41, 5.74) is 0. The highest BCUT2D eigenvalue weighted by Gasteiger charge is 2.04. The first-order valence-electron chi connectivity index (χ1n) is 22.3. The van der Waals surface area contributed by atoms with Crippen molar-refractivity contribution < 1.29 is 32.6 Å². The summed E-state index contributed by atoms with van der Waals surface area (Å²) in [7, 11) is 0.437. The van der Waals surface area contributed by atoms with Gasteiger partial charge in [-0.2, -0.15) is 8.42 Å². The molecule has 0 bridgehead atoms. The monoisotopic (exact) mass is 781 g/mol. The van der Waals surface area contributed by atoms with Gasteiger partial charge in [-0.1, -0.05) is 182 Å². The largest absolute Gasteiger partial charge is 0.481 e. The summed E-state index contributed by atoms with van der Waals surface area (Å²) in [6, 6.07) is 0. The van der Waals surface area contributed by atoms with Gasteiger partial charge in [-0.3, -0.25) is 9.35 Å². The summed E-state index contributed by atoms with van der Waals surface area (Å²) >= 11 is 0. The molecule has 0 aliphatic rings. The highest BCUT2D eigenvalue weighted by atomic mass is 32.2. The fourth-order valence-electron chi connectivity index (χ4n) is 6.03. The van der Waals surface area contributed by atoms with Gasteiger partial charge in [0, 0.05) is 0 Å². The Hall–Kier alpha value is -0.780. The molecule has 0 spiro atoms. The van der Waals surface area contributed by atoms with Gasteiger partial charge in [0.05, 0.1) is 25.4 Å². The first kappa shape index (κ1) is 56.6. The summed E-state index contributed by atoms with van der Waals surface area (Å²) < 4.78 is 28.9. The van der Waals surface area contributed by atoms with Gasteiger partial charge in [0.15, 0.2) is 0 Å². The van der Waals surface area contributed by atoms with Crippen molar-refractivity contribution in [3.63, 3.8) is 0 Å². The smallest absolute Gasteiger partial charge is 0.305 e. The molecule has 2 N–H and O–H groups in total. The van der Waals surface area contributed by atoms with E-state index in [-0.39, 0.29) is 31.8 Å². The second kappa shape index (κ2) is 47.4. The van der Waals surface area contributed by atoms with Crippen LogP contribution in [-0.4, -0.2) is 93.1 Å². The fourth-order valence-corrected chi connectivity index (χ4v) is 6.60. The zero-order chi connectivity index (χ0) is 40.1. The normalized spacial score (nSPS) is 11.4. The molecule has 0 radical (unpaired) electrons. The molecule has 0 rings (SSSR count). The highest BCUT2D eigenvalue weighted by molar-refractivity contribution is 7.85. The van der Waals surface area contributed by atoms with E-state index in [2.05, 4.69) is 61.4 Å². The van der Waals surface area contributed by atoms with Gasteiger partial charge in [-0.05, 0) is 66.0 Å². The molecule has 0 heterocycles. The van der Waals surface area contributed by atoms with Crippen molar-refractivity contribution >= 4 is 16.1 Å². The molecule has 0 aliphatic heterocycles. The Morgan fingerprint density at radius 2 is 0.830 bits per heavy atom. The maximum atomic E-state index is 10.3. The lowest BCUT2D eigenvalue weighted by molar-refractivity contribution is -0.294. The Labute approximate surface area is 330 Å². The van der Waals surface area contributed by atoms with Gasteiger partial charge >= 0.3 is 5.97 Å². The summed E-state index contributed by atoms with van der Waals surface area (Å²) in [5, 5.41) is 8.21. The van der Waals surface area contributed by atoms with Crippen molar-refractivity contribution in [3.05, 3.63) is 0 Å². The summed E-state index contributed by atoms with van der Waals surface area (Å²) in [6.45, 7) is 14.2. The predicted octanol–water partition coefficient (Wildman–Crippen LogP) is 12.1. The molecule has 0 amide bonds. The molecule has 53 heavy (non-hydrogen) atoms. The zero-order valence-corrected chi connectivity index (χ0v) is 37.0. The van der Waals surface area contributed by atoms with Crippen LogP contribution in [0.25, 0.3) is 0 Å². The second-order valence-electron chi connectivity index (χ2n) is 15.1. The van der Waals surface area contributed by atoms with E-state index in [0.717, 1.165) is 0 Å². The number of aliphatic carboxylic acids is 1. The Morgan fingerprint density at radius 3 is 1.15 bits per heavy atom. The highest BCUT2D eigenvalue weighted by Crippen LogP contribution is 2.14. The lowest BCUT2D eigenvalue weighted by Gasteiger charge is -2.17. The van der Waals surface area contributed by atoms with Crippen LogP contribution in [0.3, 0.4) is 0 Å². The number of hydrogen-bond donors (Lipinski definition) is 2. The third-order valence-electron chi connectivity index (χ3n) is 9.54. The van der Waals surface area contributed by atoms with Gasteiger partial charge < -0.3 is 14.9 Å². The Kier molecular flexibility index (Phi) is 50.5. The van der Waals surface area contributed by atoms with Crippen LogP contribution >= 0.6 is 0 Å². The quantitative estimate of drug-likeness (QED) is 0.0272.